The van der Waals surface area contributed by atoms with Gasteiger partial charge in [0.1, 0.15) is 5.75 Å². The van der Waals surface area contributed by atoms with Crippen molar-refractivity contribution in [3.63, 3.8) is 0 Å². The zero-order chi connectivity index (χ0) is 15.9. The van der Waals surface area contributed by atoms with Crippen LogP contribution < -0.4 is 10.1 Å². The highest BCUT2D eigenvalue weighted by Gasteiger charge is 2.08. The van der Waals surface area contributed by atoms with Gasteiger partial charge in [-0.1, -0.05) is 48.5 Å². The maximum atomic E-state index is 12.0. The van der Waals surface area contributed by atoms with E-state index in [4.69, 9.17) is 4.74 Å². The molecule has 2 aromatic carbocycles. The molecule has 0 aliphatic heterocycles. The maximum absolute atomic E-state index is 12.0. The molecule has 0 bridgehead atoms. The van der Waals surface area contributed by atoms with Crippen LogP contribution in [-0.4, -0.2) is 17.5 Å². The Morgan fingerprint density at radius 3 is 2.39 bits per heavy atom. The lowest BCUT2D eigenvalue weighted by Crippen LogP contribution is -2.20. The molecule has 0 atom stereocenters. The normalized spacial score (nSPS) is 10.1. The summed E-state index contributed by atoms with van der Waals surface area (Å²) in [6.45, 7) is -0.0494. The topological polar surface area (TPSA) is 51.2 Å². The third-order valence-electron chi connectivity index (χ3n) is 3.29. The molecule has 3 aromatic rings. The smallest absolute Gasteiger partial charge is 0.262 e. The molecule has 3 rings (SSSR count). The van der Waals surface area contributed by atoms with Crippen LogP contribution in [0.5, 0.6) is 5.75 Å². The Labute approximate surface area is 134 Å². The molecule has 23 heavy (non-hydrogen) atoms. The minimum Gasteiger partial charge on any atom is -0.483 e. The van der Waals surface area contributed by atoms with Crippen LogP contribution >= 0.6 is 0 Å². The predicted molar refractivity (Wildman–Crippen MR) is 90.2 cm³/mol. The van der Waals surface area contributed by atoms with E-state index in [0.717, 1.165) is 11.1 Å². The first-order valence-electron chi connectivity index (χ1n) is 7.30. The largest absolute Gasteiger partial charge is 0.483 e. The average molecular weight is 304 g/mol. The third kappa shape index (κ3) is 3.95. The Hall–Kier alpha value is -3.14. The summed E-state index contributed by atoms with van der Waals surface area (Å²) >= 11 is 0. The molecule has 1 N–H and O–H groups in total. The first kappa shape index (κ1) is 14.8. The molecule has 0 saturated heterocycles. The fourth-order valence-corrected chi connectivity index (χ4v) is 2.22. The second-order valence-corrected chi connectivity index (χ2v) is 4.93. The molecule has 114 valence electrons. The number of hydrogen-bond donors (Lipinski definition) is 1. The standard InChI is InChI=1S/C19H16N2O2/c22-19(21-16-10-12-20-13-11-16)14-23-18-9-5-4-8-17(18)15-6-2-1-3-7-15/h1-13H,14H2,(H,20,21,22). The fourth-order valence-electron chi connectivity index (χ4n) is 2.22. The van der Waals surface area contributed by atoms with Crippen LogP contribution in [0.1, 0.15) is 0 Å². The molecule has 4 nitrogen and oxygen atoms in total. The monoisotopic (exact) mass is 304 g/mol. The van der Waals surface area contributed by atoms with Crippen LogP contribution in [0.25, 0.3) is 11.1 Å². The highest BCUT2D eigenvalue weighted by molar-refractivity contribution is 5.91. The van der Waals surface area contributed by atoms with Gasteiger partial charge in [-0.2, -0.15) is 0 Å². The second kappa shape index (κ2) is 7.22. The number of carbonyl (C=O) groups excluding carboxylic acids is 1. The van der Waals surface area contributed by atoms with E-state index in [-0.39, 0.29) is 12.5 Å². The van der Waals surface area contributed by atoms with Crippen molar-refractivity contribution in [2.75, 3.05) is 11.9 Å². The maximum Gasteiger partial charge on any atom is 0.262 e. The Morgan fingerprint density at radius 1 is 0.913 bits per heavy atom. The van der Waals surface area contributed by atoms with Crippen LogP contribution in [0.15, 0.2) is 79.1 Å². The molecular formula is C19H16N2O2. The number of benzene rings is 2. The van der Waals surface area contributed by atoms with Gasteiger partial charge >= 0.3 is 0 Å². The molecule has 1 amide bonds. The lowest BCUT2D eigenvalue weighted by Gasteiger charge is -2.11. The number of para-hydroxylation sites is 1. The highest BCUT2D eigenvalue weighted by atomic mass is 16.5. The van der Waals surface area contributed by atoms with Crippen LogP contribution in [0, 0.1) is 0 Å². The summed E-state index contributed by atoms with van der Waals surface area (Å²) in [5.74, 6) is 0.475. The second-order valence-electron chi connectivity index (χ2n) is 4.93. The molecule has 0 aliphatic carbocycles. The number of amides is 1. The number of rotatable bonds is 5. The molecule has 0 radical (unpaired) electrons. The number of ether oxygens (including phenoxy) is 1. The average Bonchev–Trinajstić information content (AvgIpc) is 2.62. The number of carbonyl (C=O) groups is 1. The summed E-state index contributed by atoms with van der Waals surface area (Å²) in [4.78, 5) is 15.9. The molecule has 0 fully saturated rings. The highest BCUT2D eigenvalue weighted by Crippen LogP contribution is 2.29. The minimum atomic E-state index is -0.209. The zero-order valence-corrected chi connectivity index (χ0v) is 12.5. The van der Waals surface area contributed by atoms with Gasteiger partial charge in [-0.15, -0.1) is 0 Å². The van der Waals surface area contributed by atoms with E-state index in [2.05, 4.69) is 10.3 Å². The van der Waals surface area contributed by atoms with Gasteiger partial charge in [-0.3, -0.25) is 9.78 Å². The predicted octanol–water partition coefficient (Wildman–Crippen LogP) is 3.77. The lowest BCUT2D eigenvalue weighted by molar-refractivity contribution is -0.118. The van der Waals surface area contributed by atoms with Crippen LogP contribution in [0.3, 0.4) is 0 Å². The molecule has 4 heteroatoms. The van der Waals surface area contributed by atoms with E-state index in [9.17, 15) is 4.79 Å². The molecular weight excluding hydrogens is 288 g/mol. The van der Waals surface area contributed by atoms with Crippen molar-refractivity contribution in [2.24, 2.45) is 0 Å². The number of nitrogens with one attached hydrogen (secondary N) is 1. The van der Waals surface area contributed by atoms with Crippen LogP contribution in [-0.2, 0) is 4.79 Å². The summed E-state index contributed by atoms with van der Waals surface area (Å²) in [5, 5.41) is 2.77. The Bertz CT molecular complexity index is 774. The van der Waals surface area contributed by atoms with Gasteiger partial charge in [-0.05, 0) is 23.8 Å². The van der Waals surface area contributed by atoms with Gasteiger partial charge < -0.3 is 10.1 Å². The van der Waals surface area contributed by atoms with Gasteiger partial charge in [0.2, 0.25) is 0 Å². The van der Waals surface area contributed by atoms with Gasteiger partial charge in [0.15, 0.2) is 6.61 Å². The number of pyridine rings is 1. The molecule has 0 saturated carbocycles. The van der Waals surface area contributed by atoms with E-state index in [0.29, 0.717) is 11.4 Å². The number of hydrogen-bond acceptors (Lipinski definition) is 3. The van der Waals surface area contributed by atoms with E-state index in [1.54, 1.807) is 24.5 Å². The summed E-state index contributed by atoms with van der Waals surface area (Å²) in [7, 11) is 0. The first-order valence-corrected chi connectivity index (χ1v) is 7.30. The fraction of sp³-hybridized carbons (Fsp3) is 0.0526. The van der Waals surface area contributed by atoms with E-state index < -0.39 is 0 Å². The molecule has 1 heterocycles. The molecule has 0 unspecified atom stereocenters. The number of aromatic nitrogens is 1. The van der Waals surface area contributed by atoms with E-state index >= 15 is 0 Å². The van der Waals surface area contributed by atoms with Gasteiger partial charge in [0.25, 0.3) is 5.91 Å². The molecule has 0 aliphatic rings. The Balaban J connectivity index is 1.68. The SMILES string of the molecule is O=C(COc1ccccc1-c1ccccc1)Nc1ccncc1. The van der Waals surface area contributed by atoms with Crippen LogP contribution in [0.4, 0.5) is 5.69 Å². The van der Waals surface area contributed by atoms with Crippen molar-refractivity contribution in [2.45, 2.75) is 0 Å². The van der Waals surface area contributed by atoms with Crippen molar-refractivity contribution in [1.29, 1.82) is 0 Å². The first-order chi connectivity index (χ1) is 11.3. The van der Waals surface area contributed by atoms with Crippen molar-refractivity contribution < 1.29 is 9.53 Å². The summed E-state index contributed by atoms with van der Waals surface area (Å²) < 4.78 is 5.70. The summed E-state index contributed by atoms with van der Waals surface area (Å²) in [6.07, 6.45) is 3.25. The van der Waals surface area contributed by atoms with Crippen molar-refractivity contribution in [3.8, 4) is 16.9 Å². The third-order valence-corrected chi connectivity index (χ3v) is 3.29. The van der Waals surface area contributed by atoms with Crippen molar-refractivity contribution in [3.05, 3.63) is 79.1 Å². The summed E-state index contributed by atoms with van der Waals surface area (Å²) in [5.41, 5.74) is 2.72. The van der Waals surface area contributed by atoms with Gasteiger partial charge in [0, 0.05) is 23.6 Å². The molecule has 0 spiro atoms. The Morgan fingerprint density at radius 2 is 1.61 bits per heavy atom. The number of nitrogens with zero attached hydrogens (tertiary/aromatic N) is 1. The van der Waals surface area contributed by atoms with E-state index in [1.165, 1.54) is 0 Å². The van der Waals surface area contributed by atoms with Crippen molar-refractivity contribution in [1.82, 2.24) is 4.98 Å². The van der Waals surface area contributed by atoms with Crippen LogP contribution in [0.2, 0.25) is 0 Å². The van der Waals surface area contributed by atoms with Gasteiger partial charge in [-0.25, -0.2) is 0 Å². The number of anilines is 1. The quantitative estimate of drug-likeness (QED) is 0.780. The van der Waals surface area contributed by atoms with E-state index in [1.807, 2.05) is 54.6 Å². The molecule has 1 aromatic heterocycles. The minimum absolute atomic E-state index is 0.0494. The summed E-state index contributed by atoms with van der Waals surface area (Å²) in [6, 6.07) is 21.1. The van der Waals surface area contributed by atoms with Gasteiger partial charge in [0.05, 0.1) is 0 Å². The lowest BCUT2D eigenvalue weighted by atomic mass is 10.1. The zero-order valence-electron chi connectivity index (χ0n) is 12.5. The van der Waals surface area contributed by atoms with Crippen molar-refractivity contribution >= 4 is 11.6 Å². The Kier molecular flexibility index (Phi) is 4.64.